The number of benzene rings is 1. The molecule has 18 heavy (non-hydrogen) atoms. The Morgan fingerprint density at radius 3 is 2.56 bits per heavy atom. The van der Waals surface area contributed by atoms with Crippen molar-refractivity contribution in [3.05, 3.63) is 29.3 Å². The van der Waals surface area contributed by atoms with E-state index in [0.29, 0.717) is 0 Å². The van der Waals surface area contributed by atoms with E-state index in [0.717, 1.165) is 32.0 Å². The molecule has 0 spiro atoms. The van der Waals surface area contributed by atoms with Gasteiger partial charge in [-0.3, -0.25) is 0 Å². The number of carboxylic acid groups (broad SMARTS) is 1. The van der Waals surface area contributed by atoms with Gasteiger partial charge < -0.3 is 15.7 Å². The van der Waals surface area contributed by atoms with E-state index in [1.165, 1.54) is 6.07 Å². The Bertz CT molecular complexity index is 460. The minimum atomic E-state index is -1.47. The summed E-state index contributed by atoms with van der Waals surface area (Å²) in [7, 11) is 0. The van der Waals surface area contributed by atoms with E-state index in [1.807, 2.05) is 0 Å². The maximum atomic E-state index is 13.7. The molecule has 0 aliphatic carbocycles. The number of nitrogens with one attached hydrogen (secondary N) is 2. The lowest BCUT2D eigenvalue weighted by atomic mass is 10.1. The lowest BCUT2D eigenvalue weighted by Gasteiger charge is -2.25. The average molecular weight is 256 g/mol. The standard InChI is InChI=1S/C12H14F2N2O2/c13-10-8(12(17)18)1-2-9(11(10)14)16-7-3-5-15-6-4-7/h1-2,7,15-16H,3-6H2,(H,17,18). The molecule has 1 aromatic rings. The first kappa shape index (κ1) is 12.8. The van der Waals surface area contributed by atoms with Crippen LogP contribution in [0.1, 0.15) is 23.2 Å². The van der Waals surface area contributed by atoms with Gasteiger partial charge >= 0.3 is 5.97 Å². The summed E-state index contributed by atoms with van der Waals surface area (Å²) in [6, 6.07) is 2.42. The van der Waals surface area contributed by atoms with Crippen molar-refractivity contribution in [1.82, 2.24) is 5.32 Å². The lowest BCUT2D eigenvalue weighted by molar-refractivity contribution is 0.0690. The van der Waals surface area contributed by atoms with Crippen LogP contribution in [0.3, 0.4) is 0 Å². The van der Waals surface area contributed by atoms with Gasteiger partial charge in [0.15, 0.2) is 11.6 Å². The zero-order valence-corrected chi connectivity index (χ0v) is 9.67. The normalized spacial score (nSPS) is 16.6. The van der Waals surface area contributed by atoms with Gasteiger partial charge in [0.2, 0.25) is 0 Å². The highest BCUT2D eigenvalue weighted by atomic mass is 19.2. The van der Waals surface area contributed by atoms with E-state index in [9.17, 15) is 13.6 Å². The summed E-state index contributed by atoms with van der Waals surface area (Å²) >= 11 is 0. The van der Waals surface area contributed by atoms with E-state index >= 15 is 0 Å². The highest BCUT2D eigenvalue weighted by Crippen LogP contribution is 2.22. The first-order valence-electron chi connectivity index (χ1n) is 5.78. The Morgan fingerprint density at radius 1 is 1.28 bits per heavy atom. The number of anilines is 1. The van der Waals surface area contributed by atoms with Crippen LogP contribution in [0.5, 0.6) is 0 Å². The molecular formula is C12H14F2N2O2. The highest BCUT2D eigenvalue weighted by molar-refractivity contribution is 5.88. The molecule has 4 nitrogen and oxygen atoms in total. The van der Waals surface area contributed by atoms with Gasteiger partial charge in [0, 0.05) is 6.04 Å². The van der Waals surface area contributed by atoms with Crippen LogP contribution in [0.2, 0.25) is 0 Å². The van der Waals surface area contributed by atoms with Crippen molar-refractivity contribution in [1.29, 1.82) is 0 Å². The third-order valence-corrected chi connectivity index (χ3v) is 3.01. The van der Waals surface area contributed by atoms with Crippen LogP contribution in [0, 0.1) is 11.6 Å². The monoisotopic (exact) mass is 256 g/mol. The molecule has 0 atom stereocenters. The summed E-state index contributed by atoms with van der Waals surface area (Å²) in [4.78, 5) is 10.6. The Kier molecular flexibility index (Phi) is 3.76. The predicted octanol–water partition coefficient (Wildman–Crippen LogP) is 1.83. The van der Waals surface area contributed by atoms with Crippen LogP contribution in [0.15, 0.2) is 12.1 Å². The van der Waals surface area contributed by atoms with Gasteiger partial charge in [-0.2, -0.15) is 0 Å². The number of hydrogen-bond acceptors (Lipinski definition) is 3. The van der Waals surface area contributed by atoms with Crippen LogP contribution in [0.4, 0.5) is 14.5 Å². The van der Waals surface area contributed by atoms with E-state index < -0.39 is 23.2 Å². The fourth-order valence-corrected chi connectivity index (χ4v) is 2.01. The lowest BCUT2D eigenvalue weighted by Crippen LogP contribution is -2.35. The number of carboxylic acids is 1. The first-order chi connectivity index (χ1) is 8.59. The summed E-state index contributed by atoms with van der Waals surface area (Å²) in [6.45, 7) is 1.66. The van der Waals surface area contributed by atoms with E-state index in [4.69, 9.17) is 5.11 Å². The molecule has 0 unspecified atom stereocenters. The van der Waals surface area contributed by atoms with Crippen LogP contribution in [-0.2, 0) is 0 Å². The predicted molar refractivity (Wildman–Crippen MR) is 62.8 cm³/mol. The maximum absolute atomic E-state index is 13.7. The molecule has 0 aromatic heterocycles. The molecule has 98 valence electrons. The molecule has 1 fully saturated rings. The van der Waals surface area contributed by atoms with Crippen molar-refractivity contribution in [2.45, 2.75) is 18.9 Å². The SMILES string of the molecule is O=C(O)c1ccc(NC2CCNCC2)c(F)c1F. The summed E-state index contributed by atoms with van der Waals surface area (Å²) in [5.41, 5.74) is -0.632. The molecule has 3 N–H and O–H groups in total. The van der Waals surface area contributed by atoms with Gasteiger partial charge in [0.1, 0.15) is 0 Å². The maximum Gasteiger partial charge on any atom is 0.338 e. The Hall–Kier alpha value is -1.69. The van der Waals surface area contributed by atoms with Crippen molar-refractivity contribution in [3.8, 4) is 0 Å². The highest BCUT2D eigenvalue weighted by Gasteiger charge is 2.20. The molecule has 0 amide bonds. The van der Waals surface area contributed by atoms with Crippen molar-refractivity contribution < 1.29 is 18.7 Å². The van der Waals surface area contributed by atoms with Gasteiger partial charge in [0.05, 0.1) is 11.3 Å². The Balaban J connectivity index is 2.18. The van der Waals surface area contributed by atoms with Crippen LogP contribution in [0.25, 0.3) is 0 Å². The molecule has 1 aliphatic heterocycles. The summed E-state index contributed by atoms with van der Waals surface area (Å²) in [5.74, 6) is -3.92. The van der Waals surface area contributed by atoms with Gasteiger partial charge in [-0.1, -0.05) is 0 Å². The fourth-order valence-electron chi connectivity index (χ4n) is 2.01. The molecule has 1 aliphatic rings. The summed E-state index contributed by atoms with van der Waals surface area (Å²) < 4.78 is 27.1. The second-order valence-corrected chi connectivity index (χ2v) is 4.26. The van der Waals surface area contributed by atoms with E-state index in [1.54, 1.807) is 0 Å². The first-order valence-corrected chi connectivity index (χ1v) is 5.78. The minimum absolute atomic E-state index is 0.0180. The number of hydrogen-bond donors (Lipinski definition) is 3. The smallest absolute Gasteiger partial charge is 0.338 e. The second-order valence-electron chi connectivity index (χ2n) is 4.26. The molecule has 6 heteroatoms. The van der Waals surface area contributed by atoms with Crippen LogP contribution in [-0.4, -0.2) is 30.2 Å². The second kappa shape index (κ2) is 5.30. The Labute approximate surface area is 103 Å². The molecule has 0 saturated carbocycles. The van der Waals surface area contributed by atoms with E-state index in [2.05, 4.69) is 10.6 Å². The number of halogens is 2. The zero-order valence-electron chi connectivity index (χ0n) is 9.67. The molecule has 1 heterocycles. The Morgan fingerprint density at radius 2 is 1.94 bits per heavy atom. The molecule has 0 radical (unpaired) electrons. The van der Waals surface area contributed by atoms with Crippen LogP contribution >= 0.6 is 0 Å². The number of piperidine rings is 1. The summed E-state index contributed by atoms with van der Waals surface area (Å²) in [6.07, 6.45) is 1.64. The van der Waals surface area contributed by atoms with Crippen molar-refractivity contribution in [2.24, 2.45) is 0 Å². The topological polar surface area (TPSA) is 61.4 Å². The average Bonchev–Trinajstić information content (AvgIpc) is 2.36. The van der Waals surface area contributed by atoms with Gasteiger partial charge in [-0.05, 0) is 38.1 Å². The largest absolute Gasteiger partial charge is 0.478 e. The minimum Gasteiger partial charge on any atom is -0.478 e. The number of carbonyl (C=O) groups is 1. The third-order valence-electron chi connectivity index (χ3n) is 3.01. The van der Waals surface area contributed by atoms with Gasteiger partial charge in [-0.25, -0.2) is 13.6 Å². The molecular weight excluding hydrogens is 242 g/mol. The zero-order chi connectivity index (χ0) is 13.1. The number of rotatable bonds is 3. The summed E-state index contributed by atoms with van der Waals surface area (Å²) in [5, 5.41) is 14.7. The molecule has 0 bridgehead atoms. The van der Waals surface area contributed by atoms with Crippen molar-refractivity contribution in [3.63, 3.8) is 0 Å². The molecule has 1 saturated heterocycles. The third kappa shape index (κ3) is 2.59. The van der Waals surface area contributed by atoms with Gasteiger partial charge in [0.25, 0.3) is 0 Å². The molecule has 1 aromatic carbocycles. The van der Waals surface area contributed by atoms with Crippen LogP contribution < -0.4 is 10.6 Å². The van der Waals surface area contributed by atoms with Crippen molar-refractivity contribution >= 4 is 11.7 Å². The quantitative estimate of drug-likeness (QED) is 0.772. The molecule has 2 rings (SSSR count). The van der Waals surface area contributed by atoms with E-state index in [-0.39, 0.29) is 11.7 Å². The fraction of sp³-hybridized carbons (Fsp3) is 0.417. The van der Waals surface area contributed by atoms with Gasteiger partial charge in [-0.15, -0.1) is 0 Å². The van der Waals surface area contributed by atoms with Crippen molar-refractivity contribution in [2.75, 3.05) is 18.4 Å². The number of aromatic carboxylic acids is 1.